The van der Waals surface area contributed by atoms with Crippen LogP contribution in [0.2, 0.25) is 22.2 Å². The second-order valence-electron chi connectivity index (χ2n) is 6.41. The van der Waals surface area contributed by atoms with Gasteiger partial charge in [0.05, 0.1) is 8.07 Å². The quantitative estimate of drug-likeness (QED) is 0.561. The highest BCUT2D eigenvalue weighted by molar-refractivity contribution is 6.87. The van der Waals surface area contributed by atoms with Crippen molar-refractivity contribution in [2.75, 3.05) is 0 Å². The smallest absolute Gasteiger partial charge is 0.0648 e. The van der Waals surface area contributed by atoms with Crippen LogP contribution in [0.3, 0.4) is 0 Å². The van der Waals surface area contributed by atoms with Gasteiger partial charge in [0.2, 0.25) is 0 Å². The molecule has 0 amide bonds. The summed E-state index contributed by atoms with van der Waals surface area (Å²) in [4.78, 5) is 0. The maximum atomic E-state index is 2.54. The highest BCUT2D eigenvalue weighted by atomic mass is 28.3. The first kappa shape index (κ1) is 12.3. The summed E-state index contributed by atoms with van der Waals surface area (Å²) < 4.78 is 0. The van der Waals surface area contributed by atoms with Crippen molar-refractivity contribution in [2.24, 2.45) is 0 Å². The molecule has 0 aromatic heterocycles. The molecule has 0 saturated carbocycles. The normalized spacial score (nSPS) is 21.9. The van der Waals surface area contributed by atoms with Crippen LogP contribution < -0.4 is 0 Å². The average Bonchev–Trinajstić information content (AvgIpc) is 2.01. The lowest BCUT2D eigenvalue weighted by Gasteiger charge is -2.60. The van der Waals surface area contributed by atoms with Crippen LogP contribution >= 0.6 is 0 Å². The molecule has 1 aliphatic rings. The number of hydrogen-bond donors (Lipinski definition) is 0. The molecule has 1 aliphatic heterocycles. The third-order valence-corrected chi connectivity index (χ3v) is 13.9. The Labute approximate surface area is 91.5 Å². The third kappa shape index (κ3) is 1.48. The average molecular weight is 212 g/mol. The van der Waals surface area contributed by atoms with Crippen molar-refractivity contribution in [1.29, 1.82) is 0 Å². The van der Waals surface area contributed by atoms with E-state index in [1.54, 1.807) is 12.1 Å². The topological polar surface area (TPSA) is 0 Å². The van der Waals surface area contributed by atoms with Gasteiger partial charge in [0.25, 0.3) is 0 Å². The van der Waals surface area contributed by atoms with Crippen molar-refractivity contribution in [3.63, 3.8) is 0 Å². The molecule has 0 aliphatic carbocycles. The van der Waals surface area contributed by atoms with Crippen molar-refractivity contribution in [2.45, 2.75) is 83.0 Å². The van der Waals surface area contributed by atoms with E-state index in [9.17, 15) is 0 Å². The van der Waals surface area contributed by atoms with Gasteiger partial charge in [0.1, 0.15) is 0 Å². The number of hydrogen-bond acceptors (Lipinski definition) is 0. The van der Waals surface area contributed by atoms with Crippen molar-refractivity contribution in [1.82, 2.24) is 0 Å². The van der Waals surface area contributed by atoms with Gasteiger partial charge in [-0.1, -0.05) is 72.9 Å². The summed E-state index contributed by atoms with van der Waals surface area (Å²) in [6, 6.07) is 3.18. The van der Waals surface area contributed by atoms with Gasteiger partial charge in [-0.3, -0.25) is 0 Å². The molecule has 1 fully saturated rings. The molecule has 1 saturated heterocycles. The molecule has 0 aromatic carbocycles. The zero-order valence-electron chi connectivity index (χ0n) is 11.0. The van der Waals surface area contributed by atoms with Gasteiger partial charge in [-0.05, 0) is 10.1 Å². The summed E-state index contributed by atoms with van der Waals surface area (Å²) in [6.45, 7) is 14.9. The Kier molecular flexibility index (Phi) is 3.21. The van der Waals surface area contributed by atoms with E-state index in [4.69, 9.17) is 0 Å². The zero-order valence-corrected chi connectivity index (χ0v) is 12.0. The van der Waals surface area contributed by atoms with Crippen LogP contribution in [0.5, 0.6) is 0 Å². The Balaban J connectivity index is 2.98. The lowest BCUT2D eigenvalue weighted by atomic mass is 10.1. The van der Waals surface area contributed by atoms with Crippen molar-refractivity contribution >= 4 is 8.07 Å². The van der Waals surface area contributed by atoms with E-state index in [1.807, 2.05) is 0 Å². The minimum Gasteiger partial charge on any atom is -0.0651 e. The molecule has 0 radical (unpaired) electrons. The molecule has 84 valence electrons. The van der Waals surface area contributed by atoms with Crippen LogP contribution in [0.25, 0.3) is 0 Å². The van der Waals surface area contributed by atoms with Crippen LogP contribution in [-0.2, 0) is 0 Å². The molecule has 0 bridgehead atoms. The van der Waals surface area contributed by atoms with E-state index in [1.165, 1.54) is 19.3 Å². The van der Waals surface area contributed by atoms with Crippen LogP contribution in [0, 0.1) is 0 Å². The maximum Gasteiger partial charge on any atom is 0.0648 e. The van der Waals surface area contributed by atoms with E-state index in [-0.39, 0.29) is 0 Å². The Morgan fingerprint density at radius 2 is 1.21 bits per heavy atom. The predicted molar refractivity (Wildman–Crippen MR) is 68.6 cm³/mol. The van der Waals surface area contributed by atoms with E-state index in [2.05, 4.69) is 41.5 Å². The standard InChI is InChI=1S/C13H28Si/c1-7-12(3,4)14(10-9-11-14)13(5,6)8-2/h7-11H2,1-6H3. The molecule has 1 heterocycles. The summed E-state index contributed by atoms with van der Waals surface area (Å²) in [6.07, 6.45) is 4.27. The van der Waals surface area contributed by atoms with Crippen LogP contribution in [0.1, 0.15) is 60.8 Å². The highest BCUT2D eigenvalue weighted by Crippen LogP contribution is 2.64. The summed E-state index contributed by atoms with van der Waals surface area (Å²) >= 11 is 0. The molecular weight excluding hydrogens is 184 g/mol. The van der Waals surface area contributed by atoms with Crippen LogP contribution in [-0.4, -0.2) is 8.07 Å². The van der Waals surface area contributed by atoms with Gasteiger partial charge in [-0.25, -0.2) is 0 Å². The van der Waals surface area contributed by atoms with E-state index in [0.717, 1.165) is 0 Å². The Morgan fingerprint density at radius 3 is 1.36 bits per heavy atom. The first-order valence-corrected chi connectivity index (χ1v) is 8.74. The fourth-order valence-corrected chi connectivity index (χ4v) is 10.4. The van der Waals surface area contributed by atoms with E-state index < -0.39 is 8.07 Å². The number of rotatable bonds is 4. The molecule has 0 aromatic rings. The first-order chi connectivity index (χ1) is 6.33. The third-order valence-electron chi connectivity index (χ3n) is 5.57. The summed E-state index contributed by atoms with van der Waals surface area (Å²) in [5, 5.41) is 1.32. The minimum absolute atomic E-state index is 0.658. The zero-order chi connectivity index (χ0) is 11.0. The Hall–Kier alpha value is 0.217. The molecule has 0 atom stereocenters. The SMILES string of the molecule is CCC(C)(C)[Si]1(C(C)(C)CC)CCC1. The minimum atomic E-state index is -0.998. The van der Waals surface area contributed by atoms with Crippen molar-refractivity contribution in [3.05, 3.63) is 0 Å². The molecule has 14 heavy (non-hydrogen) atoms. The van der Waals surface area contributed by atoms with Gasteiger partial charge in [-0.15, -0.1) is 0 Å². The fraction of sp³-hybridized carbons (Fsp3) is 1.00. The van der Waals surface area contributed by atoms with Crippen LogP contribution in [0.15, 0.2) is 0 Å². The molecular formula is C13H28Si. The lowest BCUT2D eigenvalue weighted by Crippen LogP contribution is -2.58. The Morgan fingerprint density at radius 1 is 0.857 bits per heavy atom. The van der Waals surface area contributed by atoms with Gasteiger partial charge < -0.3 is 0 Å². The van der Waals surface area contributed by atoms with Crippen LogP contribution in [0.4, 0.5) is 0 Å². The van der Waals surface area contributed by atoms with Gasteiger partial charge >= 0.3 is 0 Å². The van der Waals surface area contributed by atoms with Gasteiger partial charge in [0, 0.05) is 0 Å². The monoisotopic (exact) mass is 212 g/mol. The van der Waals surface area contributed by atoms with Gasteiger partial charge in [0.15, 0.2) is 0 Å². The molecule has 0 spiro atoms. The maximum absolute atomic E-state index is 2.54. The second kappa shape index (κ2) is 3.66. The van der Waals surface area contributed by atoms with E-state index >= 15 is 0 Å². The summed E-state index contributed by atoms with van der Waals surface area (Å²) in [5.74, 6) is 0. The highest BCUT2D eigenvalue weighted by Gasteiger charge is 2.57. The molecule has 1 rings (SSSR count). The molecule has 1 heteroatoms. The van der Waals surface area contributed by atoms with E-state index in [0.29, 0.717) is 10.1 Å². The fourth-order valence-electron chi connectivity index (χ4n) is 3.48. The lowest BCUT2D eigenvalue weighted by molar-refractivity contribution is 0.490. The molecule has 0 unspecified atom stereocenters. The van der Waals surface area contributed by atoms with Crippen molar-refractivity contribution in [3.8, 4) is 0 Å². The molecule has 0 nitrogen and oxygen atoms in total. The van der Waals surface area contributed by atoms with Gasteiger partial charge in [-0.2, -0.15) is 0 Å². The predicted octanol–water partition coefficient (Wildman–Crippen LogP) is 5.22. The first-order valence-electron chi connectivity index (χ1n) is 6.33. The summed E-state index contributed by atoms with van der Waals surface area (Å²) in [5.41, 5.74) is 0. The Bertz CT molecular complexity index is 181. The molecule has 0 N–H and O–H groups in total. The largest absolute Gasteiger partial charge is 0.0651 e. The van der Waals surface area contributed by atoms with Crippen molar-refractivity contribution < 1.29 is 0 Å². The second-order valence-corrected chi connectivity index (χ2v) is 12.3. The summed E-state index contributed by atoms with van der Waals surface area (Å²) in [7, 11) is -0.998.